The number of hydrogen-bond donors (Lipinski definition) is 0. The summed E-state index contributed by atoms with van der Waals surface area (Å²) in [5.41, 5.74) is 22.5. The molecular formula is C59H65BN2S. The van der Waals surface area contributed by atoms with Crippen molar-refractivity contribution in [3.8, 4) is 0 Å². The van der Waals surface area contributed by atoms with Crippen molar-refractivity contribution in [2.75, 3.05) is 9.80 Å². The van der Waals surface area contributed by atoms with Gasteiger partial charge in [0.05, 0.1) is 5.69 Å². The lowest BCUT2D eigenvalue weighted by molar-refractivity contribution is 0.332. The predicted octanol–water partition coefficient (Wildman–Crippen LogP) is 15.0. The molecule has 0 atom stereocenters. The molecule has 0 radical (unpaired) electrons. The topological polar surface area (TPSA) is 6.48 Å². The third kappa shape index (κ3) is 6.24. The van der Waals surface area contributed by atoms with Crippen LogP contribution >= 0.6 is 11.3 Å². The molecule has 4 heteroatoms. The quantitative estimate of drug-likeness (QED) is 0.164. The lowest BCUT2D eigenvalue weighted by Crippen LogP contribution is -2.61. The molecule has 0 spiro atoms. The maximum Gasteiger partial charge on any atom is 0.264 e. The molecule has 320 valence electrons. The average Bonchev–Trinajstić information content (AvgIpc) is 3.62. The minimum atomic E-state index is 0.0289. The van der Waals surface area contributed by atoms with Gasteiger partial charge in [0, 0.05) is 43.3 Å². The van der Waals surface area contributed by atoms with Crippen molar-refractivity contribution in [2.24, 2.45) is 0 Å². The summed E-state index contributed by atoms with van der Waals surface area (Å²) in [6.07, 6.45) is 14.0. The van der Waals surface area contributed by atoms with E-state index in [1.165, 1.54) is 130 Å². The second-order valence-electron chi connectivity index (χ2n) is 23.5. The predicted molar refractivity (Wildman–Crippen MR) is 276 cm³/mol. The van der Waals surface area contributed by atoms with Gasteiger partial charge in [0.2, 0.25) is 0 Å². The van der Waals surface area contributed by atoms with Gasteiger partial charge >= 0.3 is 0 Å². The summed E-state index contributed by atoms with van der Waals surface area (Å²) in [6, 6.07) is 34.7. The largest absolute Gasteiger partial charge is 0.311 e. The molecule has 5 aliphatic rings. The van der Waals surface area contributed by atoms with Crippen LogP contribution < -0.4 is 25.5 Å². The maximum atomic E-state index is 2.70. The standard InChI is InChI=1S/C59H65BN2S/c1-36-30-49-52-50(31-36)62(40-21-18-38(19-22-40)37-16-14-13-15-17-37)53-42-32-39(55(2,3)4)20-25-51(42)63-54(53)60(52)47-34-45-46(59(11,12)29-28-58(45,9)10)35-48(47)61(49)41-23-24-43-44(33-41)57(7,8)27-26-56(43,5)6/h14,16-25,30-35H,13,15,26-29H2,1-12H3. The summed E-state index contributed by atoms with van der Waals surface area (Å²) < 4.78 is 2.82. The molecule has 0 saturated heterocycles. The van der Waals surface area contributed by atoms with Crippen LogP contribution in [0.5, 0.6) is 0 Å². The average molecular weight is 845 g/mol. The first-order valence-corrected chi connectivity index (χ1v) is 24.7. The Hall–Kier alpha value is -4.80. The SMILES string of the molecule is Cc1cc2c3c(c1)N(c1ccc(C4=CCCC=C4)cc1)c1c(sc4ccc(C(C)(C)C)cc14)B3c1cc3c(cc1N2c1ccc2c(c1)C(C)(C)CCC2(C)C)C(C)(C)CCC3(C)C. The van der Waals surface area contributed by atoms with Crippen molar-refractivity contribution in [3.63, 3.8) is 0 Å². The molecule has 1 aromatic heterocycles. The van der Waals surface area contributed by atoms with Crippen LogP contribution in [0.4, 0.5) is 34.1 Å². The molecular weight excluding hydrogens is 780 g/mol. The Balaban J connectivity index is 1.24. The molecule has 0 unspecified atom stereocenters. The Morgan fingerprint density at radius 3 is 1.83 bits per heavy atom. The van der Waals surface area contributed by atoms with Crippen molar-refractivity contribution >= 4 is 83.5 Å². The van der Waals surface area contributed by atoms with Crippen LogP contribution in [0.1, 0.15) is 154 Å². The van der Waals surface area contributed by atoms with Crippen LogP contribution in [0, 0.1) is 6.92 Å². The number of aryl methyl sites for hydroxylation is 1. The van der Waals surface area contributed by atoms with Crippen LogP contribution in [0.3, 0.4) is 0 Å². The second-order valence-corrected chi connectivity index (χ2v) is 24.6. The molecule has 6 aromatic rings. The lowest BCUT2D eigenvalue weighted by Gasteiger charge is -2.47. The number of allylic oxidation sites excluding steroid dienone is 4. The summed E-state index contributed by atoms with van der Waals surface area (Å²) in [7, 11) is 0. The van der Waals surface area contributed by atoms with Gasteiger partial charge in [-0.3, -0.25) is 0 Å². The lowest BCUT2D eigenvalue weighted by atomic mass is 9.35. The van der Waals surface area contributed by atoms with Crippen molar-refractivity contribution in [1.82, 2.24) is 0 Å². The smallest absolute Gasteiger partial charge is 0.264 e. The highest BCUT2D eigenvalue weighted by Crippen LogP contribution is 2.54. The molecule has 0 saturated carbocycles. The van der Waals surface area contributed by atoms with Gasteiger partial charge in [-0.05, 0) is 183 Å². The summed E-state index contributed by atoms with van der Waals surface area (Å²) in [5.74, 6) is 0. The first kappa shape index (κ1) is 40.9. The second kappa shape index (κ2) is 13.6. The molecule has 2 aliphatic heterocycles. The molecule has 63 heavy (non-hydrogen) atoms. The first-order chi connectivity index (χ1) is 29.7. The van der Waals surface area contributed by atoms with Gasteiger partial charge in [0.15, 0.2) is 0 Å². The van der Waals surface area contributed by atoms with Gasteiger partial charge in [0.25, 0.3) is 6.71 Å². The van der Waals surface area contributed by atoms with Crippen LogP contribution in [0.2, 0.25) is 0 Å². The third-order valence-electron chi connectivity index (χ3n) is 16.2. The highest BCUT2D eigenvalue weighted by molar-refractivity contribution is 7.33. The Bertz CT molecular complexity index is 2960. The van der Waals surface area contributed by atoms with E-state index in [1.807, 2.05) is 11.3 Å². The number of nitrogens with zero attached hydrogens (tertiary/aromatic N) is 2. The number of hydrogen-bond acceptors (Lipinski definition) is 3. The molecule has 3 aliphatic carbocycles. The normalized spacial score (nSPS) is 19.8. The van der Waals surface area contributed by atoms with Gasteiger partial charge in [-0.2, -0.15) is 0 Å². The van der Waals surface area contributed by atoms with Crippen LogP contribution in [-0.4, -0.2) is 6.71 Å². The third-order valence-corrected chi connectivity index (χ3v) is 17.4. The summed E-state index contributed by atoms with van der Waals surface area (Å²) in [5, 5.41) is 1.36. The molecule has 0 N–H and O–H groups in total. The zero-order valence-corrected chi connectivity index (χ0v) is 40.8. The van der Waals surface area contributed by atoms with E-state index in [9.17, 15) is 0 Å². The van der Waals surface area contributed by atoms with Gasteiger partial charge in [-0.15, -0.1) is 11.3 Å². The van der Waals surface area contributed by atoms with E-state index >= 15 is 0 Å². The Morgan fingerprint density at radius 2 is 1.19 bits per heavy atom. The molecule has 11 rings (SSSR count). The molecule has 3 heterocycles. The van der Waals surface area contributed by atoms with E-state index in [0.29, 0.717) is 0 Å². The monoisotopic (exact) mass is 844 g/mol. The minimum absolute atomic E-state index is 0.0289. The Kier molecular flexibility index (Phi) is 8.85. The van der Waals surface area contributed by atoms with Gasteiger partial charge < -0.3 is 9.80 Å². The number of benzene rings is 5. The molecule has 0 fully saturated rings. The number of anilines is 6. The summed E-state index contributed by atoms with van der Waals surface area (Å²) in [4.78, 5) is 5.36. The zero-order chi connectivity index (χ0) is 44.2. The van der Waals surface area contributed by atoms with Gasteiger partial charge in [-0.1, -0.05) is 125 Å². The fourth-order valence-corrected chi connectivity index (χ4v) is 13.3. The molecule has 2 nitrogen and oxygen atoms in total. The van der Waals surface area contributed by atoms with E-state index in [2.05, 4.69) is 196 Å². The summed E-state index contributed by atoms with van der Waals surface area (Å²) >= 11 is 2.02. The molecule has 0 amide bonds. The first-order valence-electron chi connectivity index (χ1n) is 23.9. The van der Waals surface area contributed by atoms with Crippen molar-refractivity contribution in [1.29, 1.82) is 0 Å². The van der Waals surface area contributed by atoms with E-state index < -0.39 is 0 Å². The molecule has 0 bridgehead atoms. The number of rotatable bonds is 3. The Labute approximate surface area is 382 Å². The van der Waals surface area contributed by atoms with Crippen LogP contribution in [0.25, 0.3) is 15.7 Å². The molecule has 5 aromatic carbocycles. The van der Waals surface area contributed by atoms with Crippen LogP contribution in [-0.2, 0) is 27.1 Å². The zero-order valence-electron chi connectivity index (χ0n) is 39.9. The fraction of sp³-hybridized carbons (Fsp3) is 0.390. The van der Waals surface area contributed by atoms with Gasteiger partial charge in [0.1, 0.15) is 0 Å². The highest BCUT2D eigenvalue weighted by atomic mass is 32.1. The number of thiophene rings is 1. The van der Waals surface area contributed by atoms with E-state index in [0.717, 1.165) is 12.8 Å². The van der Waals surface area contributed by atoms with E-state index in [1.54, 1.807) is 0 Å². The Morgan fingerprint density at radius 1 is 0.587 bits per heavy atom. The van der Waals surface area contributed by atoms with E-state index in [-0.39, 0.29) is 33.8 Å². The van der Waals surface area contributed by atoms with E-state index in [4.69, 9.17) is 0 Å². The van der Waals surface area contributed by atoms with Crippen molar-refractivity contribution in [3.05, 3.63) is 142 Å². The van der Waals surface area contributed by atoms with Crippen LogP contribution in [0.15, 0.2) is 103 Å². The van der Waals surface area contributed by atoms with Crippen molar-refractivity contribution < 1.29 is 0 Å². The maximum absolute atomic E-state index is 2.70. The minimum Gasteiger partial charge on any atom is -0.311 e. The highest BCUT2D eigenvalue weighted by Gasteiger charge is 2.48. The fourth-order valence-electron chi connectivity index (χ4n) is 12.0. The summed E-state index contributed by atoms with van der Waals surface area (Å²) in [6.45, 7) is 29.3. The van der Waals surface area contributed by atoms with Crippen molar-refractivity contribution in [2.45, 2.75) is 149 Å². The number of fused-ring (bicyclic) bond motifs is 8. The van der Waals surface area contributed by atoms with Gasteiger partial charge in [-0.25, -0.2) is 0 Å².